The minimum Gasteiger partial charge on any atom is -0.468 e. The second kappa shape index (κ2) is 10.4. The lowest BCUT2D eigenvalue weighted by molar-refractivity contribution is -0.140. The smallest absolute Gasteiger partial charge is 0.389 e. The zero-order valence-corrected chi connectivity index (χ0v) is 12.4. The van der Waals surface area contributed by atoms with E-state index in [1.807, 2.05) is 0 Å². The summed E-state index contributed by atoms with van der Waals surface area (Å²) in [5.74, 6) is 0.482. The Bertz CT molecular complexity index is 245. The fourth-order valence-corrected chi connectivity index (χ4v) is 2.84. The standard InChI is InChI=1S/C13H23F3O2S/c1-3-4-8-11(12(17)18-2)19-10-7-5-6-9-13(14,15)16/h11H,3-10H2,1-2H3. The molecule has 0 heterocycles. The highest BCUT2D eigenvalue weighted by molar-refractivity contribution is 8.00. The van der Waals surface area contributed by atoms with Gasteiger partial charge in [0.1, 0.15) is 5.25 Å². The van der Waals surface area contributed by atoms with Crippen LogP contribution < -0.4 is 0 Å². The van der Waals surface area contributed by atoms with Crippen LogP contribution >= 0.6 is 11.8 Å². The van der Waals surface area contributed by atoms with E-state index in [0.29, 0.717) is 18.6 Å². The van der Waals surface area contributed by atoms with E-state index in [-0.39, 0.29) is 17.6 Å². The molecule has 19 heavy (non-hydrogen) atoms. The van der Waals surface area contributed by atoms with E-state index in [1.165, 1.54) is 18.9 Å². The molecule has 0 N–H and O–H groups in total. The van der Waals surface area contributed by atoms with E-state index in [9.17, 15) is 18.0 Å². The monoisotopic (exact) mass is 300 g/mol. The van der Waals surface area contributed by atoms with E-state index < -0.39 is 12.6 Å². The van der Waals surface area contributed by atoms with E-state index in [0.717, 1.165) is 19.3 Å². The van der Waals surface area contributed by atoms with Crippen LogP contribution in [0.4, 0.5) is 13.2 Å². The number of thioether (sulfide) groups is 1. The van der Waals surface area contributed by atoms with Crippen molar-refractivity contribution in [2.45, 2.75) is 63.3 Å². The highest BCUT2D eigenvalue weighted by Crippen LogP contribution is 2.24. The van der Waals surface area contributed by atoms with E-state index >= 15 is 0 Å². The zero-order valence-electron chi connectivity index (χ0n) is 11.6. The van der Waals surface area contributed by atoms with Gasteiger partial charge in [0.25, 0.3) is 0 Å². The van der Waals surface area contributed by atoms with E-state index in [2.05, 4.69) is 6.92 Å². The van der Waals surface area contributed by atoms with Gasteiger partial charge >= 0.3 is 12.1 Å². The Kier molecular flexibility index (Phi) is 10.2. The second-order valence-electron chi connectivity index (χ2n) is 4.45. The first-order chi connectivity index (χ1) is 8.90. The van der Waals surface area contributed by atoms with Gasteiger partial charge in [-0.05, 0) is 25.0 Å². The molecular formula is C13H23F3O2S. The Hall–Kier alpha value is -0.390. The fraction of sp³-hybridized carbons (Fsp3) is 0.923. The highest BCUT2D eigenvalue weighted by Gasteiger charge is 2.25. The first kappa shape index (κ1) is 18.6. The molecule has 6 heteroatoms. The van der Waals surface area contributed by atoms with Gasteiger partial charge in [-0.25, -0.2) is 0 Å². The number of rotatable bonds is 10. The highest BCUT2D eigenvalue weighted by atomic mass is 32.2. The van der Waals surface area contributed by atoms with Crippen molar-refractivity contribution in [3.8, 4) is 0 Å². The number of halogens is 3. The quantitative estimate of drug-likeness (QED) is 0.436. The van der Waals surface area contributed by atoms with Crippen LogP contribution in [-0.2, 0) is 9.53 Å². The normalized spacial score (nSPS) is 13.3. The lowest BCUT2D eigenvalue weighted by Crippen LogP contribution is -2.19. The first-order valence-electron chi connectivity index (χ1n) is 6.67. The molecule has 0 spiro atoms. The van der Waals surface area contributed by atoms with Gasteiger partial charge in [0, 0.05) is 6.42 Å². The number of alkyl halides is 3. The molecule has 0 aromatic heterocycles. The zero-order chi connectivity index (χ0) is 14.7. The summed E-state index contributed by atoms with van der Waals surface area (Å²) in [7, 11) is 1.37. The van der Waals surface area contributed by atoms with Crippen LogP contribution in [0.1, 0.15) is 51.9 Å². The van der Waals surface area contributed by atoms with Crippen molar-refractivity contribution in [3.05, 3.63) is 0 Å². The molecule has 1 atom stereocenters. The number of methoxy groups -OCH3 is 1. The molecule has 0 fully saturated rings. The van der Waals surface area contributed by atoms with Crippen LogP contribution in [0.2, 0.25) is 0 Å². The Morgan fingerprint density at radius 2 is 1.89 bits per heavy atom. The molecule has 0 saturated heterocycles. The molecule has 1 unspecified atom stereocenters. The van der Waals surface area contributed by atoms with Crippen LogP contribution in [-0.4, -0.2) is 30.3 Å². The molecule has 0 bridgehead atoms. The lowest BCUT2D eigenvalue weighted by Gasteiger charge is -2.13. The number of ether oxygens (including phenoxy) is 1. The largest absolute Gasteiger partial charge is 0.468 e. The number of esters is 1. The lowest BCUT2D eigenvalue weighted by atomic mass is 10.2. The van der Waals surface area contributed by atoms with Crippen LogP contribution in [0.25, 0.3) is 0 Å². The third-order valence-corrected chi connectivity index (χ3v) is 4.06. The van der Waals surface area contributed by atoms with Gasteiger partial charge in [-0.15, -0.1) is 11.8 Å². The maximum atomic E-state index is 11.9. The van der Waals surface area contributed by atoms with Gasteiger partial charge in [-0.2, -0.15) is 13.2 Å². The molecule has 0 saturated carbocycles. The summed E-state index contributed by atoms with van der Waals surface area (Å²) in [6.07, 6.45) is -0.593. The third kappa shape index (κ3) is 11.2. The average Bonchev–Trinajstić information content (AvgIpc) is 2.34. The molecule has 0 aromatic rings. The molecule has 114 valence electrons. The summed E-state index contributed by atoms with van der Waals surface area (Å²) in [5.41, 5.74) is 0. The van der Waals surface area contributed by atoms with Gasteiger partial charge in [-0.1, -0.05) is 26.2 Å². The number of hydrogen-bond donors (Lipinski definition) is 0. The topological polar surface area (TPSA) is 26.3 Å². The predicted octanol–water partition coefficient (Wildman–Crippen LogP) is 4.57. The van der Waals surface area contributed by atoms with Crippen molar-refractivity contribution < 1.29 is 22.7 Å². The molecule has 0 amide bonds. The van der Waals surface area contributed by atoms with Gasteiger partial charge < -0.3 is 4.74 Å². The Balaban J connectivity index is 3.72. The van der Waals surface area contributed by atoms with Gasteiger partial charge in [0.05, 0.1) is 7.11 Å². The number of unbranched alkanes of at least 4 members (excludes halogenated alkanes) is 3. The third-order valence-electron chi connectivity index (χ3n) is 2.71. The molecule has 0 aromatic carbocycles. The average molecular weight is 300 g/mol. The van der Waals surface area contributed by atoms with E-state index in [1.54, 1.807) is 0 Å². The SMILES string of the molecule is CCCCC(SCCCCCC(F)(F)F)C(=O)OC. The summed E-state index contributed by atoms with van der Waals surface area (Å²) in [4.78, 5) is 11.5. The molecule has 0 radical (unpaired) electrons. The minimum absolute atomic E-state index is 0.169. The summed E-state index contributed by atoms with van der Waals surface area (Å²) in [6, 6.07) is 0. The van der Waals surface area contributed by atoms with Gasteiger partial charge in [0.2, 0.25) is 0 Å². The first-order valence-corrected chi connectivity index (χ1v) is 7.71. The molecule has 0 aliphatic heterocycles. The van der Waals surface area contributed by atoms with Gasteiger partial charge in [0.15, 0.2) is 0 Å². The Labute approximate surface area is 117 Å². The van der Waals surface area contributed by atoms with Crippen LogP contribution in [0.5, 0.6) is 0 Å². The van der Waals surface area contributed by atoms with Crippen molar-refractivity contribution >= 4 is 17.7 Å². The molecule has 2 nitrogen and oxygen atoms in total. The van der Waals surface area contributed by atoms with Gasteiger partial charge in [-0.3, -0.25) is 4.79 Å². The summed E-state index contributed by atoms with van der Waals surface area (Å²) in [6.45, 7) is 2.05. The second-order valence-corrected chi connectivity index (χ2v) is 5.76. The summed E-state index contributed by atoms with van der Waals surface area (Å²) in [5, 5.41) is -0.174. The van der Waals surface area contributed by atoms with E-state index in [4.69, 9.17) is 4.74 Å². The fourth-order valence-electron chi connectivity index (χ4n) is 1.62. The van der Waals surface area contributed by atoms with Crippen molar-refractivity contribution in [1.82, 2.24) is 0 Å². The van der Waals surface area contributed by atoms with Crippen LogP contribution in [0.3, 0.4) is 0 Å². The number of carbonyl (C=O) groups is 1. The number of carbonyl (C=O) groups excluding carboxylic acids is 1. The predicted molar refractivity (Wildman–Crippen MR) is 72.3 cm³/mol. The van der Waals surface area contributed by atoms with Crippen LogP contribution in [0, 0.1) is 0 Å². The Morgan fingerprint density at radius 3 is 2.42 bits per heavy atom. The van der Waals surface area contributed by atoms with Crippen molar-refractivity contribution in [2.75, 3.05) is 12.9 Å². The maximum absolute atomic E-state index is 11.9. The minimum atomic E-state index is -4.05. The summed E-state index contributed by atoms with van der Waals surface area (Å²) < 4.78 is 40.5. The van der Waals surface area contributed by atoms with Crippen molar-refractivity contribution in [2.24, 2.45) is 0 Å². The molecule has 0 aliphatic rings. The maximum Gasteiger partial charge on any atom is 0.389 e. The summed E-state index contributed by atoms with van der Waals surface area (Å²) >= 11 is 1.50. The Morgan fingerprint density at radius 1 is 1.21 bits per heavy atom. The van der Waals surface area contributed by atoms with Crippen LogP contribution in [0.15, 0.2) is 0 Å². The number of hydrogen-bond acceptors (Lipinski definition) is 3. The molecule has 0 aliphatic carbocycles. The molecule has 0 rings (SSSR count). The van der Waals surface area contributed by atoms with Crippen molar-refractivity contribution in [3.63, 3.8) is 0 Å². The van der Waals surface area contributed by atoms with Crippen molar-refractivity contribution in [1.29, 1.82) is 0 Å². The molecular weight excluding hydrogens is 277 g/mol.